The maximum absolute atomic E-state index is 4.49. The highest BCUT2D eigenvalue weighted by Gasteiger charge is 2.14. The molecule has 0 fully saturated rings. The summed E-state index contributed by atoms with van der Waals surface area (Å²) in [5.41, 5.74) is 0. The van der Waals surface area contributed by atoms with Gasteiger partial charge in [-0.3, -0.25) is 0 Å². The van der Waals surface area contributed by atoms with Crippen molar-refractivity contribution in [1.29, 1.82) is 0 Å². The maximum atomic E-state index is 4.49. The Kier molecular flexibility index (Phi) is 3.78. The first kappa shape index (κ1) is 12.1. The number of thiazole rings is 1. The molecule has 0 bridgehead atoms. The van der Waals surface area contributed by atoms with Gasteiger partial charge < -0.3 is 9.88 Å². The lowest BCUT2D eigenvalue weighted by Crippen LogP contribution is -2.11. The Labute approximate surface area is 106 Å². The Bertz CT molecular complexity index is 474. The normalized spacial score (nSPS) is 12.6. The summed E-state index contributed by atoms with van der Waals surface area (Å²) in [5.74, 6) is 0.910. The summed E-state index contributed by atoms with van der Waals surface area (Å²) in [6, 6.07) is 0.233. The summed E-state index contributed by atoms with van der Waals surface area (Å²) in [6.45, 7) is 7.26. The number of hydrogen-bond acceptors (Lipinski definition) is 4. The second kappa shape index (κ2) is 5.31. The van der Waals surface area contributed by atoms with E-state index in [-0.39, 0.29) is 6.04 Å². The fourth-order valence-corrected chi connectivity index (χ4v) is 2.63. The summed E-state index contributed by atoms with van der Waals surface area (Å²) >= 11 is 1.78. The molecule has 4 nitrogen and oxygen atoms in total. The van der Waals surface area contributed by atoms with Crippen molar-refractivity contribution in [1.82, 2.24) is 14.5 Å². The summed E-state index contributed by atoms with van der Waals surface area (Å²) in [4.78, 5) is 10.1. The Morgan fingerprint density at radius 1 is 1.41 bits per heavy atom. The molecule has 0 amide bonds. The zero-order chi connectivity index (χ0) is 12.3. The van der Waals surface area contributed by atoms with E-state index in [9.17, 15) is 0 Å². The molecule has 1 unspecified atom stereocenters. The summed E-state index contributed by atoms with van der Waals surface area (Å²) in [6.07, 6.45) is 6.84. The van der Waals surface area contributed by atoms with E-state index in [1.165, 1.54) is 4.88 Å². The van der Waals surface area contributed by atoms with E-state index in [1.807, 2.05) is 18.6 Å². The van der Waals surface area contributed by atoms with Crippen LogP contribution >= 0.6 is 11.3 Å². The number of hydrogen-bond donors (Lipinski definition) is 1. The molecule has 0 aliphatic carbocycles. The van der Waals surface area contributed by atoms with Crippen molar-refractivity contribution in [2.45, 2.75) is 33.2 Å². The van der Waals surface area contributed by atoms with Crippen molar-refractivity contribution >= 4 is 17.3 Å². The lowest BCUT2D eigenvalue weighted by Gasteiger charge is -2.14. The third-order valence-corrected chi connectivity index (χ3v) is 4.01. The maximum Gasteiger partial charge on any atom is 0.203 e. The molecule has 2 aromatic rings. The molecule has 2 aromatic heterocycles. The fraction of sp³-hybridized carbons (Fsp3) is 0.500. The Balaban J connectivity index is 2.23. The molecule has 0 radical (unpaired) electrons. The highest BCUT2D eigenvalue weighted by Crippen LogP contribution is 2.25. The molecule has 2 rings (SSSR count). The van der Waals surface area contributed by atoms with Gasteiger partial charge in [0.1, 0.15) is 5.01 Å². The van der Waals surface area contributed by atoms with Crippen LogP contribution in [-0.4, -0.2) is 21.1 Å². The smallest absolute Gasteiger partial charge is 0.203 e. The molecule has 1 atom stereocenters. The van der Waals surface area contributed by atoms with Gasteiger partial charge in [0.25, 0.3) is 0 Å². The van der Waals surface area contributed by atoms with E-state index >= 15 is 0 Å². The molecule has 2 heterocycles. The zero-order valence-electron chi connectivity index (χ0n) is 10.5. The van der Waals surface area contributed by atoms with Crippen LogP contribution < -0.4 is 5.32 Å². The van der Waals surface area contributed by atoms with Crippen LogP contribution in [0.25, 0.3) is 0 Å². The van der Waals surface area contributed by atoms with Gasteiger partial charge in [0.15, 0.2) is 0 Å². The Hall–Kier alpha value is -1.36. The second-order valence-electron chi connectivity index (χ2n) is 3.88. The van der Waals surface area contributed by atoms with Gasteiger partial charge in [0.2, 0.25) is 5.95 Å². The molecule has 5 heteroatoms. The van der Waals surface area contributed by atoms with E-state index in [0.29, 0.717) is 0 Å². The molecule has 1 N–H and O–H groups in total. The minimum Gasteiger partial charge on any atom is -0.356 e. The van der Waals surface area contributed by atoms with Crippen LogP contribution in [0.4, 0.5) is 5.95 Å². The zero-order valence-corrected chi connectivity index (χ0v) is 11.3. The molecule has 0 saturated heterocycles. The number of rotatable bonds is 5. The molecule has 0 aliphatic heterocycles. The number of nitrogens with one attached hydrogen (secondary N) is 1. The van der Waals surface area contributed by atoms with Gasteiger partial charge in [-0.25, -0.2) is 9.97 Å². The number of aromatic nitrogens is 3. The Morgan fingerprint density at radius 3 is 2.88 bits per heavy atom. The first-order valence-corrected chi connectivity index (χ1v) is 6.79. The first-order valence-electron chi connectivity index (χ1n) is 5.97. The monoisotopic (exact) mass is 250 g/mol. The highest BCUT2D eigenvalue weighted by atomic mass is 32.1. The minimum atomic E-state index is 0.233. The van der Waals surface area contributed by atoms with Crippen molar-refractivity contribution in [2.24, 2.45) is 0 Å². The van der Waals surface area contributed by atoms with Crippen LogP contribution in [0.5, 0.6) is 0 Å². The lowest BCUT2D eigenvalue weighted by molar-refractivity contribution is 0.639. The van der Waals surface area contributed by atoms with Gasteiger partial charge in [-0.15, -0.1) is 11.3 Å². The first-order chi connectivity index (χ1) is 8.26. The number of anilines is 1. The van der Waals surface area contributed by atoms with Gasteiger partial charge in [-0.2, -0.15) is 0 Å². The van der Waals surface area contributed by atoms with Crippen LogP contribution in [0.15, 0.2) is 18.6 Å². The lowest BCUT2D eigenvalue weighted by atomic mass is 10.3. The van der Waals surface area contributed by atoms with Gasteiger partial charge in [-0.05, 0) is 20.3 Å². The molecular weight excluding hydrogens is 232 g/mol. The van der Waals surface area contributed by atoms with Crippen LogP contribution in [0.2, 0.25) is 0 Å². The average molecular weight is 250 g/mol. The van der Waals surface area contributed by atoms with E-state index in [0.717, 1.165) is 23.9 Å². The van der Waals surface area contributed by atoms with Crippen LogP contribution in [0.3, 0.4) is 0 Å². The van der Waals surface area contributed by atoms with Crippen molar-refractivity contribution in [3.63, 3.8) is 0 Å². The van der Waals surface area contributed by atoms with Gasteiger partial charge >= 0.3 is 0 Å². The topological polar surface area (TPSA) is 42.7 Å². The number of nitrogens with zero attached hydrogens (tertiary/aromatic N) is 3. The average Bonchev–Trinajstić information content (AvgIpc) is 2.97. The highest BCUT2D eigenvalue weighted by molar-refractivity contribution is 7.11. The van der Waals surface area contributed by atoms with Crippen molar-refractivity contribution in [3.05, 3.63) is 28.5 Å². The van der Waals surface area contributed by atoms with Crippen LogP contribution in [0.1, 0.15) is 36.7 Å². The summed E-state index contributed by atoms with van der Waals surface area (Å²) in [5, 5.41) is 4.39. The largest absolute Gasteiger partial charge is 0.356 e. The molecule has 0 aliphatic rings. The van der Waals surface area contributed by atoms with Gasteiger partial charge in [-0.1, -0.05) is 6.92 Å². The minimum absolute atomic E-state index is 0.233. The third kappa shape index (κ3) is 2.49. The predicted octanol–water partition coefficient (Wildman–Crippen LogP) is 2.94. The summed E-state index contributed by atoms with van der Waals surface area (Å²) < 4.78 is 2.13. The van der Waals surface area contributed by atoms with E-state index < -0.39 is 0 Å². The molecule has 0 spiro atoms. The Morgan fingerprint density at radius 2 is 2.24 bits per heavy atom. The predicted molar refractivity (Wildman–Crippen MR) is 71.7 cm³/mol. The van der Waals surface area contributed by atoms with Crippen molar-refractivity contribution in [3.8, 4) is 0 Å². The quantitative estimate of drug-likeness (QED) is 0.887. The van der Waals surface area contributed by atoms with Gasteiger partial charge in [0.05, 0.1) is 6.04 Å². The molecule has 0 saturated carbocycles. The SMILES string of the molecule is CCNc1nccn1C(C)c1ncc(CC)s1. The van der Waals surface area contributed by atoms with E-state index in [4.69, 9.17) is 0 Å². The molecule has 92 valence electrons. The van der Waals surface area contributed by atoms with Crippen LogP contribution in [-0.2, 0) is 6.42 Å². The standard InChI is InChI=1S/C12H18N4S/c1-4-10-8-15-11(17-10)9(3)16-7-6-14-12(16)13-5-2/h6-9H,4-5H2,1-3H3,(H,13,14). The molecular formula is C12H18N4S. The second-order valence-corrected chi connectivity index (χ2v) is 5.03. The van der Waals surface area contributed by atoms with Crippen molar-refractivity contribution < 1.29 is 0 Å². The molecule has 0 aromatic carbocycles. The van der Waals surface area contributed by atoms with Gasteiger partial charge in [0, 0.05) is 30.0 Å². The molecule has 17 heavy (non-hydrogen) atoms. The number of imidazole rings is 1. The fourth-order valence-electron chi connectivity index (χ4n) is 1.72. The van der Waals surface area contributed by atoms with Crippen molar-refractivity contribution in [2.75, 3.05) is 11.9 Å². The number of aryl methyl sites for hydroxylation is 1. The van der Waals surface area contributed by atoms with Crippen LogP contribution in [0, 0.1) is 0 Å². The third-order valence-electron chi connectivity index (χ3n) is 2.70. The van der Waals surface area contributed by atoms with E-state index in [2.05, 4.69) is 40.6 Å². The summed E-state index contributed by atoms with van der Waals surface area (Å²) in [7, 11) is 0. The van der Waals surface area contributed by atoms with E-state index in [1.54, 1.807) is 11.3 Å².